The van der Waals surface area contributed by atoms with E-state index in [0.29, 0.717) is 0 Å². The molecule has 5 heteroatoms. The van der Waals surface area contributed by atoms with Crippen molar-refractivity contribution in [1.29, 1.82) is 0 Å². The van der Waals surface area contributed by atoms with E-state index in [1.807, 2.05) is 0 Å². The summed E-state index contributed by atoms with van der Waals surface area (Å²) in [5.74, 6) is -0.528. The van der Waals surface area contributed by atoms with Gasteiger partial charge in [-0.15, -0.1) is 0 Å². The van der Waals surface area contributed by atoms with Gasteiger partial charge in [0.1, 0.15) is 0 Å². The molecule has 0 aliphatic carbocycles. The predicted octanol–water partition coefficient (Wildman–Crippen LogP) is 1.35. The minimum Gasteiger partial charge on any atom is -0.294 e. The van der Waals surface area contributed by atoms with Gasteiger partial charge in [0.2, 0.25) is 0 Å². The van der Waals surface area contributed by atoms with Crippen molar-refractivity contribution in [3.8, 4) is 0 Å². The van der Waals surface area contributed by atoms with Gasteiger partial charge in [0.25, 0.3) is 0 Å². The number of carbonyl (C=O) groups is 2. The second kappa shape index (κ2) is 9.74. The number of ketones is 2. The van der Waals surface area contributed by atoms with E-state index in [0.717, 1.165) is 12.2 Å². The molecule has 0 amide bonds. The lowest BCUT2D eigenvalue weighted by Gasteiger charge is -1.85. The molecule has 0 atom stereocenters. The van der Waals surface area contributed by atoms with E-state index in [1.54, 1.807) is 0 Å². The van der Waals surface area contributed by atoms with Gasteiger partial charge in [-0.2, -0.15) is 0 Å². The fraction of sp³-hybridized carbons (Fsp3) is 0.143. The second-order valence-corrected chi connectivity index (χ2v) is 1.60. The summed E-state index contributed by atoms with van der Waals surface area (Å²) >= 11 is 0. The van der Waals surface area contributed by atoms with Crippen LogP contribution >= 0.6 is 0 Å². The number of halogens is 2. The Balaban J connectivity index is 0. The molecule has 65 valence electrons. The predicted molar refractivity (Wildman–Crippen MR) is 43.0 cm³/mol. The van der Waals surface area contributed by atoms with Crippen molar-refractivity contribution in [1.82, 2.24) is 0 Å². The van der Waals surface area contributed by atoms with Crippen LogP contribution in [0, 0.1) is 0 Å². The molecule has 0 spiro atoms. The zero-order valence-corrected chi connectivity index (χ0v) is 6.43. The normalized spacial score (nSPS) is 7.17. The Morgan fingerprint density at radius 3 is 1.58 bits per heavy atom. The third kappa shape index (κ3) is 11.5. The highest BCUT2D eigenvalue weighted by Gasteiger charge is 1.99. The monoisotopic (exact) mass is 173 g/mol. The zero-order chi connectivity index (χ0) is 9.98. The van der Waals surface area contributed by atoms with E-state index in [-0.39, 0.29) is 18.0 Å². The molecule has 2 nitrogen and oxygen atoms in total. The average Bonchev–Trinajstić information content (AvgIpc) is 2.05. The molecule has 0 bridgehead atoms. The summed E-state index contributed by atoms with van der Waals surface area (Å²) in [6, 6.07) is 0. The molecule has 0 saturated carbocycles. The maximum absolute atomic E-state index is 10.4. The Kier molecular flexibility index (Phi) is 10.8. The van der Waals surface area contributed by atoms with Crippen molar-refractivity contribution in [2.75, 3.05) is 0 Å². The van der Waals surface area contributed by atoms with E-state index in [9.17, 15) is 18.2 Å². The number of hydrogen-bond donors (Lipinski definition) is 0. The highest BCUT2D eigenvalue weighted by atomic mass is 19.2. The molecule has 0 rings (SSSR count). The van der Waals surface area contributed by atoms with E-state index in [4.69, 9.17) is 0 Å². The lowest BCUT2D eigenvalue weighted by Crippen LogP contribution is -2.00. The van der Waals surface area contributed by atoms with Crippen LogP contribution in [0.3, 0.4) is 0 Å². The molecule has 0 unspecified atom stereocenters. The maximum Gasteiger partial charge on any atom is 0.577 e. The van der Waals surface area contributed by atoms with Gasteiger partial charge in [-0.05, 0) is 12.2 Å². The van der Waals surface area contributed by atoms with Crippen LogP contribution in [0.2, 0.25) is 0 Å². The van der Waals surface area contributed by atoms with E-state index < -0.39 is 7.83 Å². The van der Waals surface area contributed by atoms with Crippen LogP contribution in [0.1, 0.15) is 6.42 Å². The summed E-state index contributed by atoms with van der Waals surface area (Å²) in [5, 5.41) is 0. The number of hydrogen-bond acceptors (Lipinski definition) is 2. The molecule has 0 aliphatic rings. The molecule has 0 heterocycles. The van der Waals surface area contributed by atoms with E-state index in [1.165, 1.54) is 0 Å². The maximum atomic E-state index is 10.4. The van der Waals surface area contributed by atoms with Gasteiger partial charge in [0, 0.05) is 0 Å². The summed E-state index contributed by atoms with van der Waals surface area (Å²) < 4.78 is 19.0. The molecule has 0 aromatic heterocycles. The van der Waals surface area contributed by atoms with Gasteiger partial charge >= 0.3 is 7.83 Å². The summed E-state index contributed by atoms with van der Waals surface area (Å²) in [6.07, 6.45) is 2.15. The largest absolute Gasteiger partial charge is 0.577 e. The smallest absolute Gasteiger partial charge is 0.294 e. The van der Waals surface area contributed by atoms with Crippen LogP contribution in [0.25, 0.3) is 0 Å². The Morgan fingerprint density at radius 2 is 1.42 bits per heavy atom. The second-order valence-electron chi connectivity index (χ2n) is 1.60. The highest BCUT2D eigenvalue weighted by Crippen LogP contribution is 1.86. The van der Waals surface area contributed by atoms with Gasteiger partial charge < -0.3 is 0 Å². The quantitative estimate of drug-likeness (QED) is 0.365. The lowest BCUT2D eigenvalue weighted by molar-refractivity contribution is -0.121. The van der Waals surface area contributed by atoms with Gasteiger partial charge in [-0.25, -0.2) is 0 Å². The summed E-state index contributed by atoms with van der Waals surface area (Å²) in [6.45, 7) is 6.42. The van der Waals surface area contributed by atoms with Gasteiger partial charge in [-0.1, -0.05) is 13.2 Å². The minimum absolute atomic E-state index is 0.104. The molecule has 0 saturated heterocycles. The Morgan fingerprint density at radius 1 is 1.17 bits per heavy atom. The average molecular weight is 173 g/mol. The van der Waals surface area contributed by atoms with Gasteiger partial charge in [0.15, 0.2) is 11.6 Å². The molecule has 1 radical (unpaired) electrons. The molecular weight excluding hydrogens is 165 g/mol. The van der Waals surface area contributed by atoms with Crippen molar-refractivity contribution < 1.29 is 18.2 Å². The molecule has 0 aromatic rings. The van der Waals surface area contributed by atoms with Crippen LogP contribution in [0.15, 0.2) is 25.3 Å². The SMILES string of the molecule is C=CC(=O)CC(=O)C=C.F[B]F. The van der Waals surface area contributed by atoms with Crippen LogP contribution < -0.4 is 0 Å². The first-order chi connectivity index (χ1) is 5.62. The topological polar surface area (TPSA) is 34.1 Å². The molecule has 0 fully saturated rings. The Hall–Kier alpha value is -1.26. The third-order valence-electron chi connectivity index (χ3n) is 0.804. The Bertz CT molecular complexity index is 162. The lowest BCUT2D eigenvalue weighted by atomic mass is 10.2. The van der Waals surface area contributed by atoms with Crippen LogP contribution in [0.5, 0.6) is 0 Å². The molecule has 12 heavy (non-hydrogen) atoms. The van der Waals surface area contributed by atoms with Crippen LogP contribution in [-0.4, -0.2) is 19.4 Å². The minimum atomic E-state index is -1.00. The fourth-order valence-corrected chi connectivity index (χ4v) is 0.316. The van der Waals surface area contributed by atoms with Crippen molar-refractivity contribution in [3.63, 3.8) is 0 Å². The van der Waals surface area contributed by atoms with Crippen molar-refractivity contribution in [2.24, 2.45) is 0 Å². The van der Waals surface area contributed by atoms with Gasteiger partial charge in [-0.3, -0.25) is 18.2 Å². The molecule has 0 N–H and O–H groups in total. The number of rotatable bonds is 4. The van der Waals surface area contributed by atoms with E-state index in [2.05, 4.69) is 13.2 Å². The number of allylic oxidation sites excluding steroid dienone is 2. The van der Waals surface area contributed by atoms with E-state index >= 15 is 0 Å². The zero-order valence-electron chi connectivity index (χ0n) is 6.43. The standard InChI is InChI=1S/C7H8O2.BF2/c1-3-6(8)5-7(9)4-2;2-1-3/h3-4H,1-2,5H2;. The highest BCUT2D eigenvalue weighted by molar-refractivity contribution is 6.15. The first-order valence-corrected chi connectivity index (χ1v) is 2.95. The number of carbonyl (C=O) groups excluding carboxylic acids is 2. The molecule has 0 aliphatic heterocycles. The fourth-order valence-electron chi connectivity index (χ4n) is 0.316. The summed E-state index contributed by atoms with van der Waals surface area (Å²) in [5.41, 5.74) is 0. The van der Waals surface area contributed by atoms with Crippen molar-refractivity contribution in [2.45, 2.75) is 6.42 Å². The molecule has 0 aromatic carbocycles. The van der Waals surface area contributed by atoms with Crippen LogP contribution in [-0.2, 0) is 9.59 Å². The van der Waals surface area contributed by atoms with Crippen LogP contribution in [0.4, 0.5) is 8.63 Å². The van der Waals surface area contributed by atoms with Gasteiger partial charge in [0.05, 0.1) is 6.42 Å². The molecular formula is C7H8BF2O2. The third-order valence-corrected chi connectivity index (χ3v) is 0.804. The van der Waals surface area contributed by atoms with Crippen molar-refractivity contribution >= 4 is 19.4 Å². The Labute approximate surface area is 70.3 Å². The first kappa shape index (κ1) is 13.3. The summed E-state index contributed by atoms with van der Waals surface area (Å²) in [7, 11) is -1.00. The van der Waals surface area contributed by atoms with Crippen molar-refractivity contribution in [3.05, 3.63) is 25.3 Å². The first-order valence-electron chi connectivity index (χ1n) is 2.95. The summed E-state index contributed by atoms with van der Waals surface area (Å²) in [4.78, 5) is 20.8.